The van der Waals surface area contributed by atoms with Gasteiger partial charge in [-0.2, -0.15) is 0 Å². The summed E-state index contributed by atoms with van der Waals surface area (Å²) in [5.74, 6) is 0.605. The normalized spacial score (nSPS) is 10.0. The van der Waals surface area contributed by atoms with Crippen molar-refractivity contribution >= 4 is 18.4 Å². The number of nitrogens with zero attached hydrogens (tertiary/aromatic N) is 2. The van der Waals surface area contributed by atoms with E-state index in [1.165, 1.54) is 4.90 Å². The van der Waals surface area contributed by atoms with Gasteiger partial charge in [0.25, 0.3) is 0 Å². The Morgan fingerprint density at radius 3 is 2.50 bits per heavy atom. The number of rotatable bonds is 4. The molecule has 0 fully saturated rings. The van der Waals surface area contributed by atoms with Crippen LogP contribution in [0.2, 0.25) is 0 Å². The minimum atomic E-state index is -0.277. The van der Waals surface area contributed by atoms with Crippen molar-refractivity contribution in [2.24, 2.45) is 4.99 Å². The zero-order valence-corrected chi connectivity index (χ0v) is 11.1. The lowest BCUT2D eigenvalue weighted by atomic mass is 10.0. The molecule has 1 aromatic carbocycles. The molecule has 0 bridgehead atoms. The van der Waals surface area contributed by atoms with Crippen LogP contribution in [0.25, 0.3) is 0 Å². The molecule has 0 aliphatic carbocycles. The standard InChI is InChI=1S/C14H19N3O/c1-10(2)12-8-6-7-9-13(12)17(11(3)15-4)14(18)16-5/h6-10H,3-4H2,1-2,5H3,(H,16,18). The zero-order valence-electron chi connectivity index (χ0n) is 11.1. The van der Waals surface area contributed by atoms with E-state index in [0.29, 0.717) is 11.7 Å². The lowest BCUT2D eigenvalue weighted by Gasteiger charge is -2.25. The van der Waals surface area contributed by atoms with Crippen molar-refractivity contribution in [1.82, 2.24) is 5.32 Å². The molecule has 0 saturated carbocycles. The van der Waals surface area contributed by atoms with Crippen molar-refractivity contribution in [1.29, 1.82) is 0 Å². The maximum atomic E-state index is 12.0. The molecule has 0 atom stereocenters. The number of benzene rings is 1. The second-order valence-corrected chi connectivity index (χ2v) is 4.18. The predicted octanol–water partition coefficient (Wildman–Crippen LogP) is 3.13. The van der Waals surface area contributed by atoms with Gasteiger partial charge in [0, 0.05) is 7.05 Å². The Labute approximate surface area is 108 Å². The number of aliphatic imine (C=N–C) groups is 1. The fourth-order valence-electron chi connectivity index (χ4n) is 1.73. The van der Waals surface area contributed by atoms with Crippen LogP contribution in [-0.2, 0) is 0 Å². The van der Waals surface area contributed by atoms with Gasteiger partial charge in [-0.05, 0) is 24.3 Å². The molecular weight excluding hydrogens is 226 g/mol. The molecule has 1 aromatic rings. The number of carbonyl (C=O) groups excluding carboxylic acids is 1. The Hall–Kier alpha value is -2.10. The number of nitrogens with one attached hydrogen (secondary N) is 1. The van der Waals surface area contributed by atoms with E-state index in [9.17, 15) is 4.79 Å². The van der Waals surface area contributed by atoms with E-state index in [0.717, 1.165) is 11.3 Å². The summed E-state index contributed by atoms with van der Waals surface area (Å²) in [6.07, 6.45) is 0. The van der Waals surface area contributed by atoms with Gasteiger partial charge in [0.05, 0.1) is 5.69 Å². The Balaban J connectivity index is 3.33. The first-order valence-electron chi connectivity index (χ1n) is 5.79. The third-order valence-corrected chi connectivity index (χ3v) is 2.66. The van der Waals surface area contributed by atoms with E-state index in [1.807, 2.05) is 24.3 Å². The number of amides is 2. The van der Waals surface area contributed by atoms with Crippen molar-refractivity contribution in [3.05, 3.63) is 42.2 Å². The van der Waals surface area contributed by atoms with E-state index in [-0.39, 0.29) is 6.03 Å². The van der Waals surface area contributed by atoms with Gasteiger partial charge in [0.15, 0.2) is 0 Å². The molecule has 0 spiro atoms. The van der Waals surface area contributed by atoms with Crippen LogP contribution in [-0.4, -0.2) is 19.8 Å². The van der Waals surface area contributed by atoms with Crippen LogP contribution in [0.5, 0.6) is 0 Å². The molecule has 96 valence electrons. The predicted molar refractivity (Wildman–Crippen MR) is 76.2 cm³/mol. The van der Waals surface area contributed by atoms with Crippen molar-refractivity contribution in [2.75, 3.05) is 11.9 Å². The quantitative estimate of drug-likeness (QED) is 0.814. The molecule has 0 saturated heterocycles. The Kier molecular flexibility index (Phi) is 4.66. The number of hydrogen-bond donors (Lipinski definition) is 1. The molecule has 0 aromatic heterocycles. The molecule has 2 amide bonds. The summed E-state index contributed by atoms with van der Waals surface area (Å²) in [6.45, 7) is 11.3. The van der Waals surface area contributed by atoms with Crippen molar-refractivity contribution in [3.63, 3.8) is 0 Å². The van der Waals surface area contributed by atoms with Crippen LogP contribution in [0.3, 0.4) is 0 Å². The average Bonchev–Trinajstić information content (AvgIpc) is 2.38. The first kappa shape index (κ1) is 14.0. The molecule has 0 radical (unpaired) electrons. The van der Waals surface area contributed by atoms with Crippen LogP contribution < -0.4 is 10.2 Å². The largest absolute Gasteiger partial charge is 0.340 e. The van der Waals surface area contributed by atoms with E-state index >= 15 is 0 Å². The molecule has 0 unspecified atom stereocenters. The van der Waals surface area contributed by atoms with Gasteiger partial charge >= 0.3 is 6.03 Å². The molecule has 1 rings (SSSR count). The number of hydrogen-bond acceptors (Lipinski definition) is 2. The molecule has 18 heavy (non-hydrogen) atoms. The third kappa shape index (κ3) is 2.77. The number of carbonyl (C=O) groups is 1. The average molecular weight is 245 g/mol. The SMILES string of the molecule is C=NC(=C)N(C(=O)NC)c1ccccc1C(C)C. The fourth-order valence-corrected chi connectivity index (χ4v) is 1.73. The summed E-state index contributed by atoms with van der Waals surface area (Å²) in [5, 5.41) is 2.58. The summed E-state index contributed by atoms with van der Waals surface area (Å²) >= 11 is 0. The second-order valence-electron chi connectivity index (χ2n) is 4.18. The van der Waals surface area contributed by atoms with Crippen LogP contribution in [0, 0.1) is 0 Å². The smallest absolute Gasteiger partial charge is 0.327 e. The van der Waals surface area contributed by atoms with Gasteiger partial charge in [-0.15, -0.1) is 0 Å². The fraction of sp³-hybridized carbons (Fsp3) is 0.286. The summed E-state index contributed by atoms with van der Waals surface area (Å²) < 4.78 is 0. The van der Waals surface area contributed by atoms with Crippen molar-refractivity contribution in [2.45, 2.75) is 19.8 Å². The van der Waals surface area contributed by atoms with Crippen LogP contribution >= 0.6 is 0 Å². The molecule has 0 aliphatic rings. The summed E-state index contributed by atoms with van der Waals surface area (Å²) in [5.41, 5.74) is 1.84. The van der Waals surface area contributed by atoms with E-state index < -0.39 is 0 Å². The molecule has 1 N–H and O–H groups in total. The lowest BCUT2D eigenvalue weighted by Crippen LogP contribution is -2.37. The highest BCUT2D eigenvalue weighted by molar-refractivity contribution is 5.95. The lowest BCUT2D eigenvalue weighted by molar-refractivity contribution is 0.249. The van der Waals surface area contributed by atoms with Crippen LogP contribution in [0.4, 0.5) is 10.5 Å². The highest BCUT2D eigenvalue weighted by Crippen LogP contribution is 2.29. The minimum Gasteiger partial charge on any atom is -0.340 e. The van der Waals surface area contributed by atoms with Gasteiger partial charge in [0.1, 0.15) is 5.82 Å². The van der Waals surface area contributed by atoms with Crippen molar-refractivity contribution in [3.8, 4) is 0 Å². The number of anilines is 1. The Morgan fingerprint density at radius 1 is 1.39 bits per heavy atom. The Morgan fingerprint density at radius 2 is 2.00 bits per heavy atom. The van der Waals surface area contributed by atoms with E-state index in [2.05, 4.69) is 37.5 Å². The zero-order chi connectivity index (χ0) is 13.7. The molecule has 4 heteroatoms. The summed E-state index contributed by atoms with van der Waals surface area (Å²) in [7, 11) is 1.57. The van der Waals surface area contributed by atoms with Gasteiger partial charge in [-0.1, -0.05) is 38.6 Å². The van der Waals surface area contributed by atoms with Crippen LogP contribution in [0.15, 0.2) is 41.7 Å². The topological polar surface area (TPSA) is 44.7 Å². The van der Waals surface area contributed by atoms with Crippen molar-refractivity contribution < 1.29 is 4.79 Å². The third-order valence-electron chi connectivity index (χ3n) is 2.66. The first-order valence-corrected chi connectivity index (χ1v) is 5.79. The number of urea groups is 1. The van der Waals surface area contributed by atoms with Gasteiger partial charge < -0.3 is 5.32 Å². The Bertz CT molecular complexity index is 466. The maximum Gasteiger partial charge on any atom is 0.327 e. The highest BCUT2D eigenvalue weighted by Gasteiger charge is 2.20. The summed E-state index contributed by atoms with van der Waals surface area (Å²) in [6, 6.07) is 7.42. The van der Waals surface area contributed by atoms with E-state index in [4.69, 9.17) is 0 Å². The molecule has 4 nitrogen and oxygen atoms in total. The van der Waals surface area contributed by atoms with Crippen LogP contribution in [0.1, 0.15) is 25.3 Å². The monoisotopic (exact) mass is 245 g/mol. The number of para-hydroxylation sites is 1. The van der Waals surface area contributed by atoms with Gasteiger partial charge in [0.2, 0.25) is 0 Å². The van der Waals surface area contributed by atoms with Gasteiger partial charge in [-0.25, -0.2) is 14.7 Å². The maximum absolute atomic E-state index is 12.0. The van der Waals surface area contributed by atoms with Gasteiger partial charge in [-0.3, -0.25) is 0 Å². The first-order chi connectivity index (χ1) is 8.52. The summed E-state index contributed by atoms with van der Waals surface area (Å²) in [4.78, 5) is 17.1. The second kappa shape index (κ2) is 6.00. The molecule has 0 aliphatic heterocycles. The minimum absolute atomic E-state index is 0.277. The molecule has 0 heterocycles. The van der Waals surface area contributed by atoms with E-state index in [1.54, 1.807) is 7.05 Å². The molecular formula is C14H19N3O. The highest BCUT2D eigenvalue weighted by atomic mass is 16.2.